The highest BCUT2D eigenvalue weighted by Crippen LogP contribution is 2.47. The van der Waals surface area contributed by atoms with Gasteiger partial charge in [-0.15, -0.1) is 0 Å². The zero-order valence-corrected chi connectivity index (χ0v) is 18.5. The zero-order valence-electron chi connectivity index (χ0n) is 16.9. The minimum atomic E-state index is -4.02. The molecule has 0 radical (unpaired) electrons. The van der Waals surface area contributed by atoms with E-state index in [9.17, 15) is 27.6 Å². The molecule has 2 aliphatic heterocycles. The van der Waals surface area contributed by atoms with E-state index in [0.29, 0.717) is 0 Å². The Labute approximate surface area is 183 Å². The van der Waals surface area contributed by atoms with E-state index >= 15 is 0 Å². The normalized spacial score (nSPS) is 24.5. The van der Waals surface area contributed by atoms with Crippen molar-refractivity contribution in [3.05, 3.63) is 47.2 Å². The fraction of sp³-hybridized carbons (Fsp3) is 0.400. The first-order valence-electron chi connectivity index (χ1n) is 9.18. The van der Waals surface area contributed by atoms with Gasteiger partial charge >= 0.3 is 11.9 Å². The van der Waals surface area contributed by atoms with Crippen molar-refractivity contribution in [2.24, 2.45) is 5.41 Å². The third kappa shape index (κ3) is 3.85. The lowest BCUT2D eigenvalue weighted by Gasteiger charge is -2.52. The second kappa shape index (κ2) is 7.45. The first-order chi connectivity index (χ1) is 14.2. The highest BCUT2D eigenvalue weighted by Gasteiger charge is 2.71. The van der Waals surface area contributed by atoms with Gasteiger partial charge in [0.1, 0.15) is 6.61 Å². The van der Waals surface area contributed by atoms with E-state index in [2.05, 4.69) is 0 Å². The summed E-state index contributed by atoms with van der Waals surface area (Å²) >= 11 is 6.27. The molecule has 2 heterocycles. The Morgan fingerprint density at radius 2 is 1.74 bits per heavy atom. The number of sulfone groups is 1. The van der Waals surface area contributed by atoms with Crippen LogP contribution in [0, 0.1) is 5.41 Å². The maximum Gasteiger partial charge on any atom is 0.338 e. The van der Waals surface area contributed by atoms with E-state index < -0.39 is 61.5 Å². The second-order valence-electron chi connectivity index (χ2n) is 8.41. The molecule has 0 unspecified atom stereocenters. The summed E-state index contributed by atoms with van der Waals surface area (Å²) in [5.74, 6) is -3.98. The van der Waals surface area contributed by atoms with Gasteiger partial charge in [-0.2, -0.15) is 0 Å². The predicted molar refractivity (Wildman–Crippen MR) is 109 cm³/mol. The van der Waals surface area contributed by atoms with Crippen LogP contribution in [0.2, 0.25) is 0 Å². The van der Waals surface area contributed by atoms with E-state index in [4.69, 9.17) is 21.4 Å². The van der Waals surface area contributed by atoms with Crippen LogP contribution in [0.4, 0.5) is 0 Å². The highest BCUT2D eigenvalue weighted by atomic mass is 35.5. The van der Waals surface area contributed by atoms with E-state index in [1.54, 1.807) is 20.8 Å². The molecule has 1 aromatic carbocycles. The van der Waals surface area contributed by atoms with Crippen LogP contribution in [0.3, 0.4) is 0 Å². The molecule has 3 rings (SSSR count). The number of carbonyl (C=O) groups excluding carboxylic acids is 3. The zero-order chi connectivity index (χ0) is 23.4. The number of rotatable bonds is 5. The summed E-state index contributed by atoms with van der Waals surface area (Å²) in [6.45, 7) is 4.25. The van der Waals surface area contributed by atoms with Crippen LogP contribution in [0.15, 0.2) is 36.0 Å². The molecule has 1 N–H and O–H groups in total. The summed E-state index contributed by atoms with van der Waals surface area (Å²) in [4.78, 5) is 47.0. The van der Waals surface area contributed by atoms with E-state index in [1.165, 1.54) is 30.5 Å². The number of hydrogen-bond donors (Lipinski definition) is 1. The van der Waals surface area contributed by atoms with Crippen molar-refractivity contribution in [2.45, 2.75) is 31.0 Å². The number of ether oxygens (including phenoxy) is 1. The number of aromatic carboxylic acids is 1. The van der Waals surface area contributed by atoms with E-state index in [-0.39, 0.29) is 16.7 Å². The minimum absolute atomic E-state index is 0.00525. The second-order valence-corrected chi connectivity index (χ2v) is 11.1. The van der Waals surface area contributed by atoms with Gasteiger partial charge in [0, 0.05) is 11.6 Å². The van der Waals surface area contributed by atoms with Crippen molar-refractivity contribution in [3.63, 3.8) is 0 Å². The molecule has 0 saturated carbocycles. The average Bonchev–Trinajstić information content (AvgIpc) is 2.68. The van der Waals surface area contributed by atoms with Crippen LogP contribution in [-0.2, 0) is 24.2 Å². The smallest absolute Gasteiger partial charge is 0.338 e. The van der Waals surface area contributed by atoms with Crippen LogP contribution >= 0.6 is 11.6 Å². The predicted octanol–water partition coefficient (Wildman–Crippen LogP) is 1.61. The number of carboxylic acids is 1. The maximum atomic E-state index is 12.8. The lowest BCUT2D eigenvalue weighted by molar-refractivity contribution is -0.152. The van der Waals surface area contributed by atoms with Crippen LogP contribution < -0.4 is 0 Å². The Hall–Kier alpha value is -2.72. The molecule has 11 heteroatoms. The van der Waals surface area contributed by atoms with Gasteiger partial charge < -0.3 is 9.84 Å². The molecule has 0 spiro atoms. The Balaban J connectivity index is 1.76. The van der Waals surface area contributed by atoms with Crippen LogP contribution in [0.25, 0.3) is 0 Å². The average molecular weight is 470 g/mol. The van der Waals surface area contributed by atoms with Crippen molar-refractivity contribution in [3.8, 4) is 0 Å². The number of nitrogens with zero attached hydrogens (tertiary/aromatic N) is 1. The molecular weight excluding hydrogens is 450 g/mol. The van der Waals surface area contributed by atoms with E-state index in [1.807, 2.05) is 0 Å². The monoisotopic (exact) mass is 469 g/mol. The standard InChI is InChI=1S/C20H20ClNO8S/c1-19(2,3)16(26)20(21)17(27)22-8-11(10-31(28,29)18(20)22)9-30-15(25)13-6-4-12(5-7-13)14(23)24/h4-8,18H,9-10H2,1-3H3,(H,23,24)/t18-,20-/m0/s1. The number of ketones is 1. The number of carbonyl (C=O) groups is 4. The minimum Gasteiger partial charge on any atom is -0.478 e. The summed E-state index contributed by atoms with van der Waals surface area (Å²) in [5, 5.41) is 7.37. The third-order valence-corrected chi connectivity index (χ3v) is 7.66. The number of β-lactam (4-membered cyclic amide) rings is 1. The molecule has 31 heavy (non-hydrogen) atoms. The number of carboxylic acid groups (broad SMARTS) is 1. The number of fused-ring (bicyclic) bond motifs is 1. The summed E-state index contributed by atoms with van der Waals surface area (Å²) in [7, 11) is -4.02. The maximum absolute atomic E-state index is 12.8. The van der Waals surface area contributed by atoms with Crippen molar-refractivity contribution < 1.29 is 37.4 Å². The molecule has 0 aromatic heterocycles. The number of Topliss-reactive ketones (excluding diaryl/α,β-unsaturated/α-hetero) is 1. The van der Waals surface area contributed by atoms with Gasteiger partial charge in [-0.1, -0.05) is 32.4 Å². The fourth-order valence-corrected chi connectivity index (χ4v) is 6.40. The summed E-state index contributed by atoms with van der Waals surface area (Å²) < 4.78 is 30.7. The largest absolute Gasteiger partial charge is 0.478 e. The van der Waals surface area contributed by atoms with Crippen molar-refractivity contribution in [1.29, 1.82) is 0 Å². The van der Waals surface area contributed by atoms with Crippen LogP contribution in [0.1, 0.15) is 41.5 Å². The molecule has 166 valence electrons. The first-order valence-corrected chi connectivity index (χ1v) is 11.3. The van der Waals surface area contributed by atoms with Gasteiger partial charge in [0.15, 0.2) is 21.0 Å². The van der Waals surface area contributed by atoms with Gasteiger partial charge in [-0.05, 0) is 29.8 Å². The molecule has 1 aromatic rings. The molecular formula is C20H20ClNO8S. The fourth-order valence-electron chi connectivity index (χ4n) is 3.47. The molecule has 1 amide bonds. The number of hydrogen-bond acceptors (Lipinski definition) is 7. The Morgan fingerprint density at radius 3 is 2.26 bits per heavy atom. The van der Waals surface area contributed by atoms with Gasteiger partial charge in [0.25, 0.3) is 5.91 Å². The van der Waals surface area contributed by atoms with Gasteiger partial charge in [-0.25, -0.2) is 18.0 Å². The number of amides is 1. The lowest BCUT2D eigenvalue weighted by Crippen LogP contribution is -2.77. The summed E-state index contributed by atoms with van der Waals surface area (Å²) in [6.07, 6.45) is 1.24. The van der Waals surface area contributed by atoms with Crippen LogP contribution in [-0.4, -0.2) is 64.7 Å². The molecule has 1 saturated heterocycles. The lowest BCUT2D eigenvalue weighted by atomic mass is 9.78. The molecule has 9 nitrogen and oxygen atoms in total. The van der Waals surface area contributed by atoms with Gasteiger partial charge in [0.2, 0.25) is 4.87 Å². The van der Waals surface area contributed by atoms with Crippen LogP contribution in [0.5, 0.6) is 0 Å². The van der Waals surface area contributed by atoms with Crippen molar-refractivity contribution in [1.82, 2.24) is 4.90 Å². The SMILES string of the molecule is CC(C)(C)C(=O)[C@]1(Cl)C(=O)N2C=C(COC(=O)c3ccc(C(=O)O)cc3)CS(=O)(=O)[C@H]21. The van der Waals surface area contributed by atoms with E-state index in [0.717, 1.165) is 4.90 Å². The van der Waals surface area contributed by atoms with Crippen molar-refractivity contribution in [2.75, 3.05) is 12.4 Å². The number of halogens is 1. The quantitative estimate of drug-likeness (QED) is 0.297. The molecule has 1 fully saturated rings. The Kier molecular flexibility index (Phi) is 5.52. The van der Waals surface area contributed by atoms with Gasteiger partial charge in [0.05, 0.1) is 16.9 Å². The third-order valence-electron chi connectivity index (χ3n) is 4.95. The topological polar surface area (TPSA) is 135 Å². The van der Waals surface area contributed by atoms with Gasteiger partial charge in [-0.3, -0.25) is 14.5 Å². The number of alkyl halides is 1. The Bertz CT molecular complexity index is 1120. The Morgan fingerprint density at radius 1 is 1.19 bits per heavy atom. The summed E-state index contributed by atoms with van der Waals surface area (Å²) in [5.41, 5.74) is -0.802. The highest BCUT2D eigenvalue weighted by molar-refractivity contribution is 7.92. The first kappa shape index (κ1) is 23.0. The number of esters is 1. The summed E-state index contributed by atoms with van der Waals surface area (Å²) in [6, 6.07) is 5.01. The molecule has 0 bridgehead atoms. The number of benzene rings is 1. The molecule has 0 aliphatic carbocycles. The van der Waals surface area contributed by atoms with Crippen molar-refractivity contribution >= 4 is 45.1 Å². The molecule has 2 atom stereocenters. The molecule has 2 aliphatic rings.